The van der Waals surface area contributed by atoms with Crippen LogP contribution in [-0.4, -0.2) is 32.2 Å². The minimum absolute atomic E-state index is 0.551. The maximum absolute atomic E-state index is 6.23. The molecule has 0 rings (SSSR count). The fourth-order valence-electron chi connectivity index (χ4n) is 4.89. The molecule has 244 valence electrons. The molecule has 4 heteroatoms. The lowest BCUT2D eigenvalue weighted by molar-refractivity contribution is -0.351. The molecule has 0 aliphatic heterocycles. The maximum atomic E-state index is 6.23. The molecule has 0 aromatic carbocycles. The van der Waals surface area contributed by atoms with Crippen LogP contribution in [0.2, 0.25) is 0 Å². The van der Waals surface area contributed by atoms with Crippen molar-refractivity contribution in [2.75, 3.05) is 21.2 Å². The highest BCUT2D eigenvalue weighted by Crippen LogP contribution is 2.28. The molecule has 0 aliphatic rings. The van der Waals surface area contributed by atoms with Gasteiger partial charge in [-0.1, -0.05) is 126 Å². The minimum atomic E-state index is -0.551. The third kappa shape index (κ3) is 27.4. The molecule has 0 amide bonds. The summed E-state index contributed by atoms with van der Waals surface area (Å²) in [4.78, 5) is 6.23. The summed E-state index contributed by atoms with van der Waals surface area (Å²) < 4.78 is 6.00. The van der Waals surface area contributed by atoms with Crippen LogP contribution in [0.5, 0.6) is 0 Å². The number of nitrogens with one attached hydrogen (secondary N) is 1. The molecule has 0 heterocycles. The summed E-state index contributed by atoms with van der Waals surface area (Å²) in [6.07, 6.45) is 49.2. The molecule has 0 saturated carbocycles. The Morgan fingerprint density at radius 1 is 0.524 bits per heavy atom. The summed E-state index contributed by atoms with van der Waals surface area (Å²) in [5, 5.41) is 1.69. The van der Waals surface area contributed by atoms with Crippen LogP contribution in [-0.2, 0) is 9.57 Å². The molecule has 0 fully saturated rings. The number of methoxy groups -OCH3 is 1. The number of allylic oxidation sites excluding steroid dienone is 10. The molecule has 0 aromatic rings. The van der Waals surface area contributed by atoms with E-state index in [1.807, 2.05) is 14.1 Å². The monoisotopic (exact) mass is 587 g/mol. The zero-order valence-electron chi connectivity index (χ0n) is 28.6. The van der Waals surface area contributed by atoms with Gasteiger partial charge in [-0.15, -0.1) is 5.17 Å². The molecular weight excluding hydrogens is 516 g/mol. The molecule has 0 aliphatic carbocycles. The van der Waals surface area contributed by atoms with Crippen molar-refractivity contribution in [2.24, 2.45) is 0 Å². The Morgan fingerprint density at radius 3 is 1.38 bits per heavy atom. The van der Waals surface area contributed by atoms with Crippen molar-refractivity contribution in [1.29, 1.82) is 0 Å². The number of nitrogens with zero attached hydrogens (tertiary/aromatic N) is 1. The third-order valence-corrected chi connectivity index (χ3v) is 7.70. The Morgan fingerprint density at radius 2 is 0.905 bits per heavy atom. The van der Waals surface area contributed by atoms with Crippen molar-refractivity contribution in [1.82, 2.24) is 10.6 Å². The smallest absolute Gasteiger partial charge is 0.189 e. The predicted molar refractivity (Wildman–Crippen MR) is 186 cm³/mol. The second-order valence-electron chi connectivity index (χ2n) is 11.5. The van der Waals surface area contributed by atoms with Gasteiger partial charge in [0.05, 0.1) is 0 Å². The van der Waals surface area contributed by atoms with Gasteiger partial charge in [0.15, 0.2) is 5.79 Å². The molecular formula is C38H70N2O2. The van der Waals surface area contributed by atoms with Gasteiger partial charge < -0.3 is 4.74 Å². The van der Waals surface area contributed by atoms with Crippen LogP contribution < -0.4 is 5.43 Å². The van der Waals surface area contributed by atoms with Gasteiger partial charge in [-0.2, -0.15) is 0 Å². The van der Waals surface area contributed by atoms with Gasteiger partial charge in [-0.05, 0) is 77.0 Å². The summed E-state index contributed by atoms with van der Waals surface area (Å²) in [6, 6.07) is 0. The zero-order valence-corrected chi connectivity index (χ0v) is 28.6. The Balaban J connectivity index is 4.10. The third-order valence-electron chi connectivity index (χ3n) is 7.70. The van der Waals surface area contributed by atoms with E-state index in [4.69, 9.17) is 9.57 Å². The first-order valence-electron chi connectivity index (χ1n) is 17.5. The fraction of sp³-hybridized carbons (Fsp3) is 0.737. The Labute approximate surface area is 262 Å². The minimum Gasteiger partial charge on any atom is -0.352 e. The molecule has 1 unspecified atom stereocenters. The van der Waals surface area contributed by atoms with Gasteiger partial charge in [0.2, 0.25) is 0 Å². The van der Waals surface area contributed by atoms with Crippen molar-refractivity contribution in [3.8, 4) is 0 Å². The van der Waals surface area contributed by atoms with Crippen LogP contribution in [0.1, 0.15) is 155 Å². The molecule has 1 N–H and O–H groups in total. The predicted octanol–water partition coefficient (Wildman–Crippen LogP) is 11.7. The van der Waals surface area contributed by atoms with Crippen molar-refractivity contribution < 1.29 is 9.57 Å². The number of hydrogen-bond donors (Lipinski definition) is 1. The van der Waals surface area contributed by atoms with Crippen LogP contribution >= 0.6 is 0 Å². The molecule has 4 nitrogen and oxygen atoms in total. The molecule has 0 aromatic heterocycles. The van der Waals surface area contributed by atoms with Crippen molar-refractivity contribution in [3.63, 3.8) is 0 Å². The Bertz CT molecular complexity index is 697. The first-order valence-corrected chi connectivity index (χ1v) is 17.5. The van der Waals surface area contributed by atoms with Gasteiger partial charge in [-0.3, -0.25) is 0 Å². The summed E-state index contributed by atoms with van der Waals surface area (Å²) in [6.45, 7) is 4.50. The SMILES string of the molecule is CCCC/C=C\C/C=C\C/C=C\CCCCC(CCCCCCCC/C=C\C/C=C\CCCCC)(OC)ON(C)NC. The van der Waals surface area contributed by atoms with Gasteiger partial charge in [0.1, 0.15) is 0 Å². The lowest BCUT2D eigenvalue weighted by Crippen LogP contribution is -2.45. The highest BCUT2D eigenvalue weighted by molar-refractivity contribution is 4.97. The van der Waals surface area contributed by atoms with Crippen LogP contribution in [0.15, 0.2) is 60.8 Å². The average Bonchev–Trinajstić information content (AvgIpc) is 3.00. The van der Waals surface area contributed by atoms with E-state index >= 15 is 0 Å². The number of hydrogen-bond acceptors (Lipinski definition) is 4. The van der Waals surface area contributed by atoms with E-state index in [1.165, 1.54) is 83.5 Å². The lowest BCUT2D eigenvalue weighted by Gasteiger charge is -2.35. The van der Waals surface area contributed by atoms with Crippen LogP contribution in [0, 0.1) is 0 Å². The number of rotatable bonds is 31. The van der Waals surface area contributed by atoms with Gasteiger partial charge in [0.25, 0.3) is 0 Å². The lowest BCUT2D eigenvalue weighted by atomic mass is 9.99. The number of ether oxygens (including phenoxy) is 1. The van der Waals surface area contributed by atoms with Crippen molar-refractivity contribution in [3.05, 3.63) is 60.8 Å². The molecule has 42 heavy (non-hydrogen) atoms. The summed E-state index contributed by atoms with van der Waals surface area (Å²) in [5.41, 5.74) is 3.06. The van der Waals surface area contributed by atoms with E-state index in [9.17, 15) is 0 Å². The zero-order chi connectivity index (χ0) is 30.8. The molecule has 0 radical (unpaired) electrons. The number of unbranched alkanes of at least 4 members (excludes halogenated alkanes) is 13. The number of hydrazine groups is 1. The second-order valence-corrected chi connectivity index (χ2v) is 11.5. The summed E-state index contributed by atoms with van der Waals surface area (Å²) in [7, 11) is 5.58. The van der Waals surface area contributed by atoms with E-state index in [0.717, 1.165) is 57.8 Å². The van der Waals surface area contributed by atoms with Gasteiger partial charge in [0, 0.05) is 34.0 Å². The standard InChI is InChI=1S/C38H70N2O2/c1-6-8-10-12-14-16-18-20-22-23-25-27-29-31-33-35-37-38(41-5,42-40(4)39-3)36-34-32-30-28-26-24-21-19-17-15-13-11-9-7-2/h13-16,19-22,26,28,39H,6-12,17-18,23-25,27,29-37H2,1-5H3/b15-13-,16-14-,21-19-,22-20-,28-26-. The highest BCUT2D eigenvalue weighted by Gasteiger charge is 2.32. The normalized spacial score (nSPS) is 14.2. The molecule has 0 saturated heterocycles. The van der Waals surface area contributed by atoms with Crippen molar-refractivity contribution in [2.45, 2.75) is 161 Å². The van der Waals surface area contributed by atoms with Crippen LogP contribution in [0.4, 0.5) is 0 Å². The Kier molecular flexibility index (Phi) is 31.3. The molecule has 1 atom stereocenters. The number of hydroxylamine groups is 1. The van der Waals surface area contributed by atoms with E-state index in [1.54, 1.807) is 12.3 Å². The fourth-order valence-corrected chi connectivity index (χ4v) is 4.89. The molecule has 0 spiro atoms. The van der Waals surface area contributed by atoms with E-state index in [0.29, 0.717) is 0 Å². The summed E-state index contributed by atoms with van der Waals surface area (Å²) >= 11 is 0. The van der Waals surface area contributed by atoms with Crippen LogP contribution in [0.25, 0.3) is 0 Å². The first-order chi connectivity index (χ1) is 20.6. The van der Waals surface area contributed by atoms with Crippen molar-refractivity contribution >= 4 is 0 Å². The van der Waals surface area contributed by atoms with Gasteiger partial charge >= 0.3 is 0 Å². The largest absolute Gasteiger partial charge is 0.352 e. The summed E-state index contributed by atoms with van der Waals surface area (Å²) in [5.74, 6) is -0.551. The van der Waals surface area contributed by atoms with E-state index in [2.05, 4.69) is 80.0 Å². The quantitative estimate of drug-likeness (QED) is 0.0379. The highest BCUT2D eigenvalue weighted by atomic mass is 16.8. The Hall–Kier alpha value is -1.46. The second kappa shape index (κ2) is 32.5. The van der Waals surface area contributed by atoms with Crippen LogP contribution in [0.3, 0.4) is 0 Å². The first kappa shape index (κ1) is 40.5. The molecule has 0 bridgehead atoms. The van der Waals surface area contributed by atoms with E-state index < -0.39 is 5.79 Å². The van der Waals surface area contributed by atoms with Gasteiger partial charge in [-0.25, -0.2) is 10.3 Å². The maximum Gasteiger partial charge on any atom is 0.189 e. The average molecular weight is 587 g/mol. The topological polar surface area (TPSA) is 33.7 Å². The van der Waals surface area contributed by atoms with E-state index in [-0.39, 0.29) is 0 Å².